The number of rotatable bonds is 4. The van der Waals surface area contributed by atoms with Gasteiger partial charge in [-0.15, -0.1) is 0 Å². The summed E-state index contributed by atoms with van der Waals surface area (Å²) >= 11 is 6.01. The minimum Gasteiger partial charge on any atom is -0.339 e. The number of nitrogens with zero attached hydrogens (tertiary/aromatic N) is 1. The van der Waals surface area contributed by atoms with Gasteiger partial charge in [0.1, 0.15) is 0 Å². The number of anilines is 1. The number of benzene rings is 1. The Balaban J connectivity index is 2.16. The molecule has 0 saturated carbocycles. The minimum absolute atomic E-state index is 0.0741. The number of carbonyl (C=O) groups is 2. The van der Waals surface area contributed by atoms with E-state index in [-0.39, 0.29) is 18.0 Å². The average Bonchev–Trinajstić information content (AvgIpc) is 3.02. The van der Waals surface area contributed by atoms with Gasteiger partial charge in [-0.3, -0.25) is 4.79 Å². The third-order valence-corrected chi connectivity index (χ3v) is 4.08. The number of likely N-dealkylation sites (tertiary alicyclic amines) is 1. The van der Waals surface area contributed by atoms with Gasteiger partial charge in [0.15, 0.2) is 0 Å². The smallest absolute Gasteiger partial charge is 0.319 e. The van der Waals surface area contributed by atoms with E-state index in [0.717, 1.165) is 32.4 Å². The van der Waals surface area contributed by atoms with Crippen LogP contribution in [0.1, 0.15) is 43.5 Å². The van der Waals surface area contributed by atoms with Crippen LogP contribution in [0.4, 0.5) is 10.5 Å². The third kappa shape index (κ3) is 4.13. The van der Waals surface area contributed by atoms with E-state index in [2.05, 4.69) is 10.6 Å². The van der Waals surface area contributed by atoms with Crippen molar-refractivity contribution in [3.8, 4) is 0 Å². The molecule has 2 N–H and O–H groups in total. The molecule has 2 rings (SSSR count). The Morgan fingerprint density at radius 1 is 1.32 bits per heavy atom. The normalized spacial score (nSPS) is 15.5. The molecule has 0 bridgehead atoms. The van der Waals surface area contributed by atoms with Gasteiger partial charge in [0, 0.05) is 24.2 Å². The molecule has 1 aliphatic rings. The van der Waals surface area contributed by atoms with Crippen LogP contribution in [0.15, 0.2) is 18.2 Å². The van der Waals surface area contributed by atoms with Gasteiger partial charge >= 0.3 is 6.03 Å². The molecule has 1 aromatic carbocycles. The Bertz CT molecular complexity index is 556. The first kappa shape index (κ1) is 16.6. The minimum atomic E-state index is -0.313. The molecular formula is C16H22ClN3O2. The predicted molar refractivity (Wildman–Crippen MR) is 88.5 cm³/mol. The summed E-state index contributed by atoms with van der Waals surface area (Å²) in [5.74, 6) is -0.0844. The number of carbonyl (C=O) groups excluding carboxylic acids is 2. The van der Waals surface area contributed by atoms with Crippen LogP contribution in [0.25, 0.3) is 0 Å². The third-order valence-electron chi connectivity index (χ3n) is 3.84. The van der Waals surface area contributed by atoms with E-state index < -0.39 is 0 Å². The summed E-state index contributed by atoms with van der Waals surface area (Å²) < 4.78 is 0. The zero-order valence-electron chi connectivity index (χ0n) is 13.0. The van der Waals surface area contributed by atoms with E-state index in [9.17, 15) is 9.59 Å². The van der Waals surface area contributed by atoms with E-state index in [0.29, 0.717) is 16.3 Å². The molecule has 1 unspecified atom stereocenters. The van der Waals surface area contributed by atoms with Crippen LogP contribution in [0.3, 0.4) is 0 Å². The standard InChI is InChI=1S/C16H22ClN3O2/c1-3-11(2)18-16(22)19-14-7-6-12(17)10-13(14)15(21)20-8-4-5-9-20/h6-7,10-11H,3-5,8-9H2,1-2H3,(H2,18,19,22). The fraction of sp³-hybridized carbons (Fsp3) is 0.500. The summed E-state index contributed by atoms with van der Waals surface area (Å²) in [6, 6.07) is 4.71. The number of hydrogen-bond donors (Lipinski definition) is 2. The molecule has 1 saturated heterocycles. The topological polar surface area (TPSA) is 61.4 Å². The van der Waals surface area contributed by atoms with Gasteiger partial charge in [-0.25, -0.2) is 4.79 Å². The van der Waals surface area contributed by atoms with Gasteiger partial charge in [-0.1, -0.05) is 18.5 Å². The van der Waals surface area contributed by atoms with Crippen molar-refractivity contribution >= 4 is 29.2 Å². The largest absolute Gasteiger partial charge is 0.339 e. The quantitative estimate of drug-likeness (QED) is 0.891. The van der Waals surface area contributed by atoms with Crippen molar-refractivity contribution < 1.29 is 9.59 Å². The van der Waals surface area contributed by atoms with Gasteiger partial charge in [0.25, 0.3) is 5.91 Å². The molecule has 5 nitrogen and oxygen atoms in total. The fourth-order valence-corrected chi connectivity index (χ4v) is 2.55. The lowest BCUT2D eigenvalue weighted by molar-refractivity contribution is 0.0794. The van der Waals surface area contributed by atoms with Crippen molar-refractivity contribution in [1.82, 2.24) is 10.2 Å². The second-order valence-electron chi connectivity index (χ2n) is 5.60. The highest BCUT2D eigenvalue weighted by Crippen LogP contribution is 2.24. The van der Waals surface area contributed by atoms with Crippen LogP contribution in [0.2, 0.25) is 5.02 Å². The van der Waals surface area contributed by atoms with Crippen LogP contribution in [-0.2, 0) is 0 Å². The van der Waals surface area contributed by atoms with Crippen molar-refractivity contribution in [3.05, 3.63) is 28.8 Å². The molecule has 1 fully saturated rings. The van der Waals surface area contributed by atoms with Crippen LogP contribution >= 0.6 is 11.6 Å². The molecular weight excluding hydrogens is 302 g/mol. The Kier molecular flexibility index (Phi) is 5.66. The highest BCUT2D eigenvalue weighted by Gasteiger charge is 2.23. The van der Waals surface area contributed by atoms with E-state index in [4.69, 9.17) is 11.6 Å². The van der Waals surface area contributed by atoms with E-state index >= 15 is 0 Å². The maximum absolute atomic E-state index is 12.6. The molecule has 0 aromatic heterocycles. The Labute approximate surface area is 136 Å². The Morgan fingerprint density at radius 2 is 2.00 bits per heavy atom. The molecule has 120 valence electrons. The summed E-state index contributed by atoms with van der Waals surface area (Å²) in [7, 11) is 0. The molecule has 6 heteroatoms. The lowest BCUT2D eigenvalue weighted by Crippen LogP contribution is -2.36. The highest BCUT2D eigenvalue weighted by atomic mass is 35.5. The van der Waals surface area contributed by atoms with Crippen molar-refractivity contribution in [3.63, 3.8) is 0 Å². The molecule has 1 heterocycles. The number of amides is 3. The van der Waals surface area contributed by atoms with Gasteiger partial charge in [0.05, 0.1) is 11.3 Å². The first-order chi connectivity index (χ1) is 10.5. The second-order valence-corrected chi connectivity index (χ2v) is 6.03. The predicted octanol–water partition coefficient (Wildman–Crippen LogP) is 3.50. The van der Waals surface area contributed by atoms with Crippen molar-refractivity contribution in [2.45, 2.75) is 39.2 Å². The van der Waals surface area contributed by atoms with E-state index in [1.54, 1.807) is 23.1 Å². The SMILES string of the molecule is CCC(C)NC(=O)Nc1ccc(Cl)cc1C(=O)N1CCCC1. The lowest BCUT2D eigenvalue weighted by atomic mass is 10.1. The summed E-state index contributed by atoms with van der Waals surface area (Å²) in [5, 5.41) is 6.05. The monoisotopic (exact) mass is 323 g/mol. The number of halogens is 1. The van der Waals surface area contributed by atoms with Crippen molar-refractivity contribution in [1.29, 1.82) is 0 Å². The Morgan fingerprint density at radius 3 is 2.64 bits per heavy atom. The van der Waals surface area contributed by atoms with Gasteiger partial charge < -0.3 is 15.5 Å². The maximum Gasteiger partial charge on any atom is 0.319 e. The first-order valence-electron chi connectivity index (χ1n) is 7.67. The molecule has 0 aliphatic carbocycles. The average molecular weight is 324 g/mol. The molecule has 3 amide bonds. The zero-order valence-corrected chi connectivity index (χ0v) is 13.7. The molecule has 22 heavy (non-hydrogen) atoms. The Hall–Kier alpha value is -1.75. The van der Waals surface area contributed by atoms with Crippen molar-refractivity contribution in [2.24, 2.45) is 0 Å². The van der Waals surface area contributed by atoms with E-state index in [1.165, 1.54) is 0 Å². The molecule has 1 aliphatic heterocycles. The van der Waals surface area contributed by atoms with Gasteiger partial charge in [-0.05, 0) is 44.4 Å². The molecule has 1 atom stereocenters. The van der Waals surface area contributed by atoms with Crippen molar-refractivity contribution in [2.75, 3.05) is 18.4 Å². The molecule has 0 radical (unpaired) electrons. The van der Waals surface area contributed by atoms with Crippen LogP contribution in [0.5, 0.6) is 0 Å². The second kappa shape index (κ2) is 7.49. The fourth-order valence-electron chi connectivity index (χ4n) is 2.38. The summed E-state index contributed by atoms with van der Waals surface area (Å²) in [6.07, 6.45) is 2.88. The van der Waals surface area contributed by atoms with Crippen LogP contribution in [-0.4, -0.2) is 36.0 Å². The highest BCUT2D eigenvalue weighted by molar-refractivity contribution is 6.31. The van der Waals surface area contributed by atoms with Gasteiger partial charge in [-0.2, -0.15) is 0 Å². The summed E-state index contributed by atoms with van der Waals surface area (Å²) in [6.45, 7) is 5.43. The molecule has 1 aromatic rings. The first-order valence-corrected chi connectivity index (χ1v) is 8.05. The number of nitrogens with one attached hydrogen (secondary N) is 2. The summed E-state index contributed by atoms with van der Waals surface area (Å²) in [4.78, 5) is 26.4. The van der Waals surface area contributed by atoms with Gasteiger partial charge in [0.2, 0.25) is 0 Å². The molecule has 0 spiro atoms. The van der Waals surface area contributed by atoms with E-state index in [1.807, 2.05) is 13.8 Å². The van der Waals surface area contributed by atoms with Crippen LogP contribution < -0.4 is 10.6 Å². The summed E-state index contributed by atoms with van der Waals surface area (Å²) in [5.41, 5.74) is 0.927. The number of hydrogen-bond acceptors (Lipinski definition) is 2. The maximum atomic E-state index is 12.6. The lowest BCUT2D eigenvalue weighted by Gasteiger charge is -2.19. The number of urea groups is 1. The zero-order chi connectivity index (χ0) is 16.1. The van der Waals surface area contributed by atoms with Crippen LogP contribution in [0, 0.1) is 0 Å².